The summed E-state index contributed by atoms with van der Waals surface area (Å²) < 4.78 is 11.1. The maximum Gasteiger partial charge on any atom is 0.220 e. The minimum absolute atomic E-state index is 0.146. The number of nitrogens with one attached hydrogen (secondary N) is 1. The molecule has 0 saturated carbocycles. The van der Waals surface area contributed by atoms with Crippen LogP contribution in [0.1, 0.15) is 155 Å². The number of ether oxygens (including phenoxy) is 2. The summed E-state index contributed by atoms with van der Waals surface area (Å²) >= 11 is 0. The number of rotatable bonds is 33. The molecule has 9 heteroatoms. The number of aliphatic hydroxyl groups is 5. The molecule has 1 fully saturated rings. The van der Waals surface area contributed by atoms with Gasteiger partial charge in [-0.15, -0.1) is 0 Å². The first-order valence-electron chi connectivity index (χ1n) is 21.0. The Morgan fingerprint density at radius 3 is 1.74 bits per heavy atom. The van der Waals surface area contributed by atoms with E-state index in [0.717, 1.165) is 89.9 Å². The molecule has 1 saturated heterocycles. The number of amides is 1. The largest absolute Gasteiger partial charge is 0.394 e. The highest BCUT2D eigenvalue weighted by Gasteiger charge is 2.44. The highest BCUT2D eigenvalue weighted by atomic mass is 16.7. The normalized spacial score (nSPS) is 22.3. The number of unbranched alkanes of at least 4 members (excludes halogenated alkanes) is 13. The van der Waals surface area contributed by atoms with Crippen molar-refractivity contribution in [1.29, 1.82) is 0 Å². The van der Waals surface area contributed by atoms with Gasteiger partial charge < -0.3 is 40.3 Å². The second-order valence-electron chi connectivity index (χ2n) is 14.4. The molecule has 7 unspecified atom stereocenters. The maximum atomic E-state index is 12.8. The number of hydrogen-bond donors (Lipinski definition) is 6. The monoisotopic (exact) mass is 748 g/mol. The Hall–Kier alpha value is -2.11. The predicted octanol–water partition coefficient (Wildman–Crippen LogP) is 8.05. The molecule has 0 aromatic rings. The number of hydrogen-bond acceptors (Lipinski definition) is 8. The van der Waals surface area contributed by atoms with Crippen LogP contribution < -0.4 is 5.32 Å². The van der Waals surface area contributed by atoms with Gasteiger partial charge in [-0.1, -0.05) is 152 Å². The highest BCUT2D eigenvalue weighted by molar-refractivity contribution is 5.76. The Kier molecular flexibility index (Phi) is 31.7. The molecule has 7 atom stereocenters. The molecule has 1 heterocycles. The van der Waals surface area contributed by atoms with Crippen molar-refractivity contribution in [3.05, 3.63) is 60.8 Å². The molecule has 1 amide bonds. The lowest BCUT2D eigenvalue weighted by atomic mass is 9.99. The van der Waals surface area contributed by atoms with Crippen molar-refractivity contribution in [2.75, 3.05) is 13.2 Å². The quantitative estimate of drug-likeness (QED) is 0.0292. The van der Waals surface area contributed by atoms with E-state index in [0.29, 0.717) is 12.8 Å². The first kappa shape index (κ1) is 48.9. The van der Waals surface area contributed by atoms with E-state index in [1.807, 2.05) is 0 Å². The molecule has 53 heavy (non-hydrogen) atoms. The predicted molar refractivity (Wildman–Crippen MR) is 216 cm³/mol. The number of carbonyl (C=O) groups excluding carboxylic acids is 1. The van der Waals surface area contributed by atoms with Crippen molar-refractivity contribution in [2.45, 2.75) is 198 Å². The molecule has 0 radical (unpaired) electrons. The van der Waals surface area contributed by atoms with E-state index in [-0.39, 0.29) is 12.5 Å². The molecule has 1 rings (SSSR count). The fraction of sp³-hybridized carbons (Fsp3) is 0.750. The average Bonchev–Trinajstić information content (AvgIpc) is 3.16. The fourth-order valence-electron chi connectivity index (χ4n) is 6.24. The van der Waals surface area contributed by atoms with Gasteiger partial charge in [0.05, 0.1) is 25.4 Å². The van der Waals surface area contributed by atoms with Crippen molar-refractivity contribution in [2.24, 2.45) is 0 Å². The van der Waals surface area contributed by atoms with Gasteiger partial charge in [0, 0.05) is 6.42 Å². The maximum absolute atomic E-state index is 12.8. The first-order chi connectivity index (χ1) is 25.8. The van der Waals surface area contributed by atoms with Gasteiger partial charge in [0.15, 0.2) is 6.29 Å². The fourth-order valence-corrected chi connectivity index (χ4v) is 6.24. The van der Waals surface area contributed by atoms with Crippen LogP contribution in [-0.2, 0) is 14.3 Å². The molecular weight excluding hydrogens is 670 g/mol. The van der Waals surface area contributed by atoms with Gasteiger partial charge in [-0.25, -0.2) is 0 Å². The van der Waals surface area contributed by atoms with Gasteiger partial charge in [0.25, 0.3) is 0 Å². The van der Waals surface area contributed by atoms with Gasteiger partial charge in [0.1, 0.15) is 24.4 Å². The van der Waals surface area contributed by atoms with Crippen LogP contribution in [0.15, 0.2) is 60.8 Å². The van der Waals surface area contributed by atoms with E-state index in [9.17, 15) is 30.3 Å². The molecular formula is C44H77NO8. The van der Waals surface area contributed by atoms with Crippen LogP contribution in [0.5, 0.6) is 0 Å². The summed E-state index contributed by atoms with van der Waals surface area (Å²) in [4.78, 5) is 12.8. The van der Waals surface area contributed by atoms with Crippen molar-refractivity contribution < 1.29 is 39.8 Å². The Bertz CT molecular complexity index is 1010. The number of carbonyl (C=O) groups is 1. The molecule has 9 nitrogen and oxygen atoms in total. The lowest BCUT2D eigenvalue weighted by molar-refractivity contribution is -0.302. The lowest BCUT2D eigenvalue weighted by Crippen LogP contribution is -2.60. The second-order valence-corrected chi connectivity index (χ2v) is 14.4. The third-order valence-corrected chi connectivity index (χ3v) is 9.64. The molecule has 6 N–H and O–H groups in total. The minimum atomic E-state index is -1.55. The van der Waals surface area contributed by atoms with E-state index in [1.165, 1.54) is 38.5 Å². The van der Waals surface area contributed by atoms with Gasteiger partial charge in [-0.2, -0.15) is 0 Å². The topological polar surface area (TPSA) is 149 Å². The van der Waals surface area contributed by atoms with Gasteiger partial charge in [-0.3, -0.25) is 4.79 Å². The van der Waals surface area contributed by atoms with E-state index in [2.05, 4.69) is 79.9 Å². The van der Waals surface area contributed by atoms with Gasteiger partial charge >= 0.3 is 0 Å². The SMILES string of the molecule is CC/C=C\C/C=C\C/C=C\C/C=C\C/C=C\CCCCCCCCCCCC(=O)NC(COC1OC(CO)C(O)C(O)C1O)C(O)CCCCCCC. The molecule has 1 aliphatic rings. The molecule has 0 spiro atoms. The Morgan fingerprint density at radius 1 is 0.660 bits per heavy atom. The second kappa shape index (κ2) is 34.4. The van der Waals surface area contributed by atoms with Crippen LogP contribution in [0.4, 0.5) is 0 Å². The molecule has 0 aromatic heterocycles. The average molecular weight is 748 g/mol. The molecule has 0 bridgehead atoms. The van der Waals surface area contributed by atoms with Crippen LogP contribution in [0, 0.1) is 0 Å². The van der Waals surface area contributed by atoms with Crippen molar-refractivity contribution in [1.82, 2.24) is 5.32 Å². The summed E-state index contributed by atoms with van der Waals surface area (Å²) in [5.41, 5.74) is 0. The Morgan fingerprint density at radius 2 is 1.17 bits per heavy atom. The Labute approximate surface area is 322 Å². The van der Waals surface area contributed by atoms with E-state index < -0.39 is 49.5 Å². The van der Waals surface area contributed by atoms with Gasteiger partial charge in [-0.05, 0) is 57.8 Å². The van der Waals surface area contributed by atoms with Crippen LogP contribution in [0.25, 0.3) is 0 Å². The summed E-state index contributed by atoms with van der Waals surface area (Å²) in [6, 6.07) is -0.720. The molecule has 0 aromatic carbocycles. The minimum Gasteiger partial charge on any atom is -0.394 e. The van der Waals surface area contributed by atoms with E-state index in [4.69, 9.17) is 9.47 Å². The zero-order valence-electron chi connectivity index (χ0n) is 33.2. The van der Waals surface area contributed by atoms with Crippen LogP contribution in [0.3, 0.4) is 0 Å². The summed E-state index contributed by atoms with van der Waals surface area (Å²) in [5, 5.41) is 53.8. The lowest BCUT2D eigenvalue weighted by Gasteiger charge is -2.40. The number of aliphatic hydroxyl groups excluding tert-OH is 5. The van der Waals surface area contributed by atoms with Gasteiger partial charge in [0.2, 0.25) is 5.91 Å². The standard InChI is InChI=1S/C44H77NO8/c1-3-5-7-9-10-11-12-13-14-15-16-17-18-19-20-21-22-23-24-25-26-27-28-30-32-34-40(48)45-37(38(47)33-31-29-8-6-4-2)36-52-44-43(51)42(50)41(49)39(35-46)53-44/h5,7,10-11,13-14,16-17,19-20,37-39,41-44,46-47,49-51H,3-4,6,8-9,12,15,18,21-36H2,1-2H3,(H,45,48)/b7-5-,11-10-,14-13-,17-16-,20-19-. The summed E-state index contributed by atoms with van der Waals surface area (Å²) in [5.74, 6) is -0.162. The first-order valence-corrected chi connectivity index (χ1v) is 21.0. The smallest absolute Gasteiger partial charge is 0.220 e. The molecule has 306 valence electrons. The zero-order chi connectivity index (χ0) is 38.8. The van der Waals surface area contributed by atoms with E-state index >= 15 is 0 Å². The summed E-state index contributed by atoms with van der Waals surface area (Å²) in [6.07, 6.45) is 37.1. The van der Waals surface area contributed by atoms with Crippen LogP contribution in [-0.4, -0.2) is 87.5 Å². The zero-order valence-corrected chi connectivity index (χ0v) is 33.2. The third-order valence-electron chi connectivity index (χ3n) is 9.64. The van der Waals surface area contributed by atoms with Crippen molar-refractivity contribution in [3.63, 3.8) is 0 Å². The molecule has 1 aliphatic heterocycles. The van der Waals surface area contributed by atoms with Crippen LogP contribution in [0.2, 0.25) is 0 Å². The third kappa shape index (κ3) is 25.6. The van der Waals surface area contributed by atoms with E-state index in [1.54, 1.807) is 0 Å². The van der Waals surface area contributed by atoms with Crippen molar-refractivity contribution in [3.8, 4) is 0 Å². The number of allylic oxidation sites excluding steroid dienone is 10. The Balaban J connectivity index is 2.18. The summed E-state index contributed by atoms with van der Waals surface area (Å²) in [7, 11) is 0. The summed E-state index contributed by atoms with van der Waals surface area (Å²) in [6.45, 7) is 3.60. The highest BCUT2D eigenvalue weighted by Crippen LogP contribution is 2.23. The van der Waals surface area contributed by atoms with Crippen molar-refractivity contribution >= 4 is 5.91 Å². The van der Waals surface area contributed by atoms with Crippen LogP contribution >= 0.6 is 0 Å². The molecule has 0 aliphatic carbocycles.